The molecule has 4 nitrogen and oxygen atoms in total. The number of aryl methyl sites for hydroxylation is 1. The van der Waals surface area contributed by atoms with Crippen molar-refractivity contribution in [3.63, 3.8) is 0 Å². The molecule has 0 fully saturated rings. The highest BCUT2D eigenvalue weighted by molar-refractivity contribution is 5.28. The zero-order chi connectivity index (χ0) is 14.0. The van der Waals surface area contributed by atoms with Crippen LogP contribution < -0.4 is 5.73 Å². The minimum atomic E-state index is -0.245. The van der Waals surface area contributed by atoms with Gasteiger partial charge in [0, 0.05) is 6.42 Å². The fourth-order valence-corrected chi connectivity index (χ4v) is 1.81. The first-order valence-electron chi connectivity index (χ1n) is 6.50. The number of nitrogens with zero attached hydrogens (tertiary/aromatic N) is 2. The Balaban J connectivity index is 2.16. The summed E-state index contributed by atoms with van der Waals surface area (Å²) >= 11 is 0. The van der Waals surface area contributed by atoms with Crippen molar-refractivity contribution in [1.29, 1.82) is 0 Å². The molecule has 0 aliphatic heterocycles. The van der Waals surface area contributed by atoms with Gasteiger partial charge in [-0.2, -0.15) is 4.98 Å². The van der Waals surface area contributed by atoms with Crippen LogP contribution in [0.4, 0.5) is 0 Å². The summed E-state index contributed by atoms with van der Waals surface area (Å²) in [7, 11) is 0. The number of aromatic nitrogens is 2. The van der Waals surface area contributed by atoms with Gasteiger partial charge in [0.1, 0.15) is 0 Å². The first-order valence-corrected chi connectivity index (χ1v) is 6.50. The van der Waals surface area contributed by atoms with Crippen LogP contribution in [-0.2, 0) is 6.42 Å². The maximum atomic E-state index is 6.11. The average molecular weight is 259 g/mol. The second-order valence-corrected chi connectivity index (χ2v) is 6.00. The van der Waals surface area contributed by atoms with Gasteiger partial charge in [0.25, 0.3) is 0 Å². The zero-order valence-electron chi connectivity index (χ0n) is 12.0. The molecule has 4 heteroatoms. The van der Waals surface area contributed by atoms with Gasteiger partial charge in [0.05, 0.1) is 6.04 Å². The smallest absolute Gasteiger partial charge is 0.244 e. The first-order chi connectivity index (χ1) is 8.88. The van der Waals surface area contributed by atoms with Crippen LogP contribution in [0.25, 0.3) is 0 Å². The van der Waals surface area contributed by atoms with Gasteiger partial charge in [-0.1, -0.05) is 50.2 Å². The maximum Gasteiger partial charge on any atom is 0.244 e. The normalized spacial score (nSPS) is 13.5. The Kier molecular flexibility index (Phi) is 3.71. The molecule has 0 spiro atoms. The Labute approximate surface area is 114 Å². The SMILES string of the molecule is Cc1ccccc1Cc1noc(C(N)C(C)(C)C)n1. The van der Waals surface area contributed by atoms with Crippen molar-refractivity contribution in [3.05, 3.63) is 47.1 Å². The van der Waals surface area contributed by atoms with Crippen molar-refractivity contribution in [2.45, 2.75) is 40.2 Å². The van der Waals surface area contributed by atoms with Gasteiger partial charge in [0.2, 0.25) is 5.89 Å². The van der Waals surface area contributed by atoms with Crippen LogP contribution in [0.3, 0.4) is 0 Å². The summed E-state index contributed by atoms with van der Waals surface area (Å²) in [5, 5.41) is 4.02. The molecule has 0 bridgehead atoms. The van der Waals surface area contributed by atoms with Crippen LogP contribution in [0.5, 0.6) is 0 Å². The van der Waals surface area contributed by atoms with Crippen molar-refractivity contribution in [2.24, 2.45) is 11.1 Å². The van der Waals surface area contributed by atoms with Gasteiger partial charge < -0.3 is 10.3 Å². The third-order valence-electron chi connectivity index (χ3n) is 3.29. The largest absolute Gasteiger partial charge is 0.338 e. The highest BCUT2D eigenvalue weighted by Crippen LogP contribution is 2.29. The van der Waals surface area contributed by atoms with Crippen molar-refractivity contribution in [2.75, 3.05) is 0 Å². The summed E-state index contributed by atoms with van der Waals surface area (Å²) in [6.45, 7) is 8.26. The Morgan fingerprint density at radius 3 is 2.58 bits per heavy atom. The third-order valence-corrected chi connectivity index (χ3v) is 3.29. The Bertz CT molecular complexity index is 555. The number of hydrogen-bond donors (Lipinski definition) is 1. The lowest BCUT2D eigenvalue weighted by Gasteiger charge is -2.23. The molecular formula is C15H21N3O. The Morgan fingerprint density at radius 2 is 1.95 bits per heavy atom. The van der Waals surface area contributed by atoms with E-state index in [0.29, 0.717) is 18.1 Å². The Morgan fingerprint density at radius 1 is 1.26 bits per heavy atom. The summed E-state index contributed by atoms with van der Waals surface area (Å²) in [6.07, 6.45) is 0.674. The van der Waals surface area contributed by atoms with Gasteiger partial charge >= 0.3 is 0 Å². The molecule has 0 radical (unpaired) electrons. The van der Waals surface area contributed by atoms with Crippen molar-refractivity contribution in [3.8, 4) is 0 Å². The van der Waals surface area contributed by atoms with Crippen LogP contribution in [0.15, 0.2) is 28.8 Å². The predicted octanol–water partition coefficient (Wildman–Crippen LogP) is 3.01. The van der Waals surface area contributed by atoms with Gasteiger partial charge in [0.15, 0.2) is 5.82 Å². The molecule has 1 aromatic heterocycles. The Hall–Kier alpha value is -1.68. The van der Waals surface area contributed by atoms with E-state index in [-0.39, 0.29) is 11.5 Å². The topological polar surface area (TPSA) is 64.9 Å². The van der Waals surface area contributed by atoms with E-state index in [2.05, 4.69) is 50.0 Å². The van der Waals surface area contributed by atoms with Crippen LogP contribution in [0, 0.1) is 12.3 Å². The van der Waals surface area contributed by atoms with E-state index in [0.717, 1.165) is 0 Å². The molecule has 0 saturated carbocycles. The highest BCUT2D eigenvalue weighted by Gasteiger charge is 2.27. The van der Waals surface area contributed by atoms with Gasteiger partial charge in [-0.3, -0.25) is 0 Å². The number of benzene rings is 1. The van der Waals surface area contributed by atoms with Crippen molar-refractivity contribution in [1.82, 2.24) is 10.1 Å². The number of nitrogens with two attached hydrogens (primary N) is 1. The summed E-state index contributed by atoms with van der Waals surface area (Å²) in [4.78, 5) is 4.41. The second-order valence-electron chi connectivity index (χ2n) is 6.00. The van der Waals surface area contributed by atoms with Crippen LogP contribution in [0.1, 0.15) is 49.7 Å². The third kappa shape index (κ3) is 3.20. The van der Waals surface area contributed by atoms with Crippen LogP contribution >= 0.6 is 0 Å². The van der Waals surface area contributed by atoms with E-state index in [4.69, 9.17) is 10.3 Å². The summed E-state index contributed by atoms with van der Waals surface area (Å²) < 4.78 is 5.28. The van der Waals surface area contributed by atoms with E-state index in [1.807, 2.05) is 12.1 Å². The van der Waals surface area contributed by atoms with Crippen molar-refractivity contribution >= 4 is 0 Å². The maximum absolute atomic E-state index is 6.11. The van der Waals surface area contributed by atoms with Crippen LogP contribution in [0.2, 0.25) is 0 Å². The van der Waals surface area contributed by atoms with Gasteiger partial charge in [-0.15, -0.1) is 0 Å². The molecule has 1 unspecified atom stereocenters. The highest BCUT2D eigenvalue weighted by atomic mass is 16.5. The molecule has 0 aliphatic rings. The lowest BCUT2D eigenvalue weighted by molar-refractivity contribution is 0.252. The monoisotopic (exact) mass is 259 g/mol. The molecular weight excluding hydrogens is 238 g/mol. The number of hydrogen-bond acceptors (Lipinski definition) is 4. The zero-order valence-corrected chi connectivity index (χ0v) is 12.0. The molecule has 0 amide bonds. The van der Waals surface area contributed by atoms with E-state index >= 15 is 0 Å². The lowest BCUT2D eigenvalue weighted by Crippen LogP contribution is -2.26. The fraction of sp³-hybridized carbons (Fsp3) is 0.467. The molecule has 0 saturated heterocycles. The molecule has 102 valence electrons. The molecule has 0 aliphatic carbocycles. The standard InChI is InChI=1S/C15H21N3O/c1-10-7-5-6-8-11(10)9-12-17-14(19-18-12)13(16)15(2,3)4/h5-8,13H,9,16H2,1-4H3. The quantitative estimate of drug-likeness (QED) is 0.920. The van der Waals surface area contributed by atoms with Gasteiger partial charge in [-0.05, 0) is 23.5 Å². The lowest BCUT2D eigenvalue weighted by atomic mass is 9.87. The minimum absolute atomic E-state index is 0.0908. The van der Waals surface area contributed by atoms with E-state index in [1.165, 1.54) is 11.1 Å². The molecule has 1 aromatic carbocycles. The summed E-state index contributed by atoms with van der Waals surface area (Å²) in [5.74, 6) is 1.19. The summed E-state index contributed by atoms with van der Waals surface area (Å²) in [5.41, 5.74) is 8.46. The first kappa shape index (κ1) is 13.7. The molecule has 19 heavy (non-hydrogen) atoms. The van der Waals surface area contributed by atoms with Crippen molar-refractivity contribution < 1.29 is 4.52 Å². The van der Waals surface area contributed by atoms with E-state index < -0.39 is 0 Å². The van der Waals surface area contributed by atoms with Crippen LogP contribution in [-0.4, -0.2) is 10.1 Å². The molecule has 2 aromatic rings. The predicted molar refractivity (Wildman–Crippen MR) is 74.7 cm³/mol. The molecule has 2 rings (SSSR count). The minimum Gasteiger partial charge on any atom is -0.338 e. The molecule has 2 N–H and O–H groups in total. The average Bonchev–Trinajstić information content (AvgIpc) is 2.78. The fourth-order valence-electron chi connectivity index (χ4n) is 1.81. The summed E-state index contributed by atoms with van der Waals surface area (Å²) in [6, 6.07) is 7.96. The van der Waals surface area contributed by atoms with Gasteiger partial charge in [-0.25, -0.2) is 0 Å². The number of rotatable bonds is 3. The molecule has 1 heterocycles. The van der Waals surface area contributed by atoms with E-state index in [9.17, 15) is 0 Å². The molecule has 1 atom stereocenters. The van der Waals surface area contributed by atoms with E-state index in [1.54, 1.807) is 0 Å². The second kappa shape index (κ2) is 5.13.